The lowest BCUT2D eigenvalue weighted by molar-refractivity contribution is -0.120. The van der Waals surface area contributed by atoms with E-state index >= 15 is 0 Å². The summed E-state index contributed by atoms with van der Waals surface area (Å²) in [5, 5.41) is 2.88. The fraction of sp³-hybridized carbons (Fsp3) is 0.269. The van der Waals surface area contributed by atoms with Gasteiger partial charge >= 0.3 is 0 Å². The van der Waals surface area contributed by atoms with Crippen LogP contribution in [0.25, 0.3) is 0 Å². The number of carbonyl (C=O) groups excluding carboxylic acids is 1. The van der Waals surface area contributed by atoms with Gasteiger partial charge in [-0.3, -0.25) is 9.10 Å². The van der Waals surface area contributed by atoms with Gasteiger partial charge in [0.2, 0.25) is 5.91 Å². The van der Waals surface area contributed by atoms with E-state index in [1.165, 1.54) is 36.4 Å². The summed E-state index contributed by atoms with van der Waals surface area (Å²) in [6, 6.07) is 23.0. The van der Waals surface area contributed by atoms with Crippen LogP contribution in [-0.2, 0) is 20.2 Å². The van der Waals surface area contributed by atoms with Gasteiger partial charge in [0.25, 0.3) is 10.0 Å². The summed E-state index contributed by atoms with van der Waals surface area (Å²) < 4.78 is 42.0. The molecule has 1 atom stereocenters. The van der Waals surface area contributed by atoms with Crippen molar-refractivity contribution >= 4 is 21.6 Å². The lowest BCUT2D eigenvalue weighted by Gasteiger charge is -2.30. The lowest BCUT2D eigenvalue weighted by Crippen LogP contribution is -2.45. The average molecular weight is 469 g/mol. The second-order valence-corrected chi connectivity index (χ2v) is 10.6. The molecule has 3 aromatic rings. The van der Waals surface area contributed by atoms with E-state index in [0.29, 0.717) is 6.42 Å². The minimum absolute atomic E-state index is 0.0145. The van der Waals surface area contributed by atoms with Gasteiger partial charge in [-0.05, 0) is 48.6 Å². The summed E-state index contributed by atoms with van der Waals surface area (Å²) in [6.07, 6.45) is 0.647. The molecule has 33 heavy (non-hydrogen) atoms. The lowest BCUT2D eigenvalue weighted by atomic mass is 9.79. The van der Waals surface area contributed by atoms with Gasteiger partial charge in [0, 0.05) is 6.04 Å². The Bertz CT molecular complexity index is 1180. The van der Waals surface area contributed by atoms with Gasteiger partial charge < -0.3 is 5.32 Å². The van der Waals surface area contributed by atoms with E-state index < -0.39 is 28.3 Å². The van der Waals surface area contributed by atoms with E-state index in [0.717, 1.165) is 9.87 Å². The van der Waals surface area contributed by atoms with Crippen molar-refractivity contribution in [1.29, 1.82) is 0 Å². The van der Waals surface area contributed by atoms with Crippen LogP contribution in [0.4, 0.5) is 10.1 Å². The number of hydrogen-bond acceptors (Lipinski definition) is 3. The second-order valence-electron chi connectivity index (χ2n) is 8.70. The first-order valence-corrected chi connectivity index (χ1v) is 12.2. The first kappa shape index (κ1) is 24.5. The van der Waals surface area contributed by atoms with Gasteiger partial charge in [-0.2, -0.15) is 0 Å². The molecule has 0 spiro atoms. The number of rotatable bonds is 9. The number of carbonyl (C=O) groups is 1. The first-order chi connectivity index (χ1) is 15.6. The largest absolute Gasteiger partial charge is 0.352 e. The maximum absolute atomic E-state index is 14.6. The predicted octanol–water partition coefficient (Wildman–Crippen LogP) is 4.89. The van der Waals surface area contributed by atoms with Gasteiger partial charge in [0.15, 0.2) is 0 Å². The predicted molar refractivity (Wildman–Crippen MR) is 129 cm³/mol. The van der Waals surface area contributed by atoms with Gasteiger partial charge in [-0.1, -0.05) is 74.5 Å². The Kier molecular flexibility index (Phi) is 7.53. The summed E-state index contributed by atoms with van der Waals surface area (Å²) in [6.45, 7) is 5.53. The van der Waals surface area contributed by atoms with Crippen LogP contribution < -0.4 is 9.62 Å². The number of anilines is 1. The molecule has 0 saturated carbocycles. The molecule has 3 aromatic carbocycles. The highest BCUT2D eigenvalue weighted by atomic mass is 32.2. The number of nitrogens with zero attached hydrogens (tertiary/aromatic N) is 1. The van der Waals surface area contributed by atoms with Crippen LogP contribution in [0.1, 0.15) is 32.8 Å². The van der Waals surface area contributed by atoms with E-state index in [-0.39, 0.29) is 22.0 Å². The normalized spacial score (nSPS) is 12.7. The third-order valence-corrected chi connectivity index (χ3v) is 7.29. The molecule has 0 aliphatic rings. The second kappa shape index (κ2) is 10.2. The molecule has 0 aromatic heterocycles. The number of halogens is 1. The molecule has 5 nitrogen and oxygen atoms in total. The minimum atomic E-state index is -4.15. The summed E-state index contributed by atoms with van der Waals surface area (Å²) >= 11 is 0. The van der Waals surface area contributed by atoms with E-state index in [2.05, 4.69) is 19.2 Å². The molecule has 7 heteroatoms. The number of para-hydroxylation sites is 1. The van der Waals surface area contributed by atoms with Crippen molar-refractivity contribution < 1.29 is 17.6 Å². The number of nitrogens with one attached hydrogen (secondary N) is 1. The molecule has 0 saturated heterocycles. The standard InChI is InChI=1S/C26H29FN2O3S/c1-20(18-26(2,3)21-12-6-4-7-13-21)28-25(30)19-29(24-17-11-10-16-23(24)27)33(31,32)22-14-8-5-9-15-22/h4-17,20H,18-19H2,1-3H3,(H,28,30). The van der Waals surface area contributed by atoms with Crippen molar-refractivity contribution in [2.24, 2.45) is 0 Å². The maximum Gasteiger partial charge on any atom is 0.264 e. The fourth-order valence-corrected chi connectivity index (χ4v) is 5.40. The van der Waals surface area contributed by atoms with Gasteiger partial charge in [-0.15, -0.1) is 0 Å². The van der Waals surface area contributed by atoms with Gasteiger partial charge in [-0.25, -0.2) is 12.8 Å². The van der Waals surface area contributed by atoms with Crippen LogP contribution in [0.5, 0.6) is 0 Å². The van der Waals surface area contributed by atoms with Gasteiger partial charge in [0.1, 0.15) is 12.4 Å². The van der Waals surface area contributed by atoms with Crippen molar-refractivity contribution in [3.8, 4) is 0 Å². The van der Waals surface area contributed by atoms with Crippen LogP contribution in [-0.4, -0.2) is 26.9 Å². The Morgan fingerprint density at radius 3 is 2.09 bits per heavy atom. The maximum atomic E-state index is 14.6. The molecule has 1 unspecified atom stereocenters. The highest BCUT2D eigenvalue weighted by Gasteiger charge is 2.30. The Hall–Kier alpha value is -3.19. The van der Waals surface area contributed by atoms with Gasteiger partial charge in [0.05, 0.1) is 10.6 Å². The first-order valence-electron chi connectivity index (χ1n) is 10.8. The third kappa shape index (κ3) is 5.99. The van der Waals surface area contributed by atoms with Crippen LogP contribution in [0, 0.1) is 5.82 Å². The molecule has 0 bridgehead atoms. The van der Waals surface area contributed by atoms with E-state index in [4.69, 9.17) is 0 Å². The smallest absolute Gasteiger partial charge is 0.264 e. The topological polar surface area (TPSA) is 66.5 Å². The quantitative estimate of drug-likeness (QED) is 0.486. The molecule has 3 rings (SSSR count). The Morgan fingerprint density at radius 1 is 0.939 bits per heavy atom. The van der Waals surface area contributed by atoms with E-state index in [1.807, 2.05) is 37.3 Å². The number of sulfonamides is 1. The number of hydrogen-bond donors (Lipinski definition) is 1. The van der Waals surface area contributed by atoms with Crippen LogP contribution >= 0.6 is 0 Å². The summed E-state index contributed by atoms with van der Waals surface area (Å²) in [5.41, 5.74) is 0.773. The fourth-order valence-electron chi connectivity index (χ4n) is 3.95. The molecule has 0 radical (unpaired) electrons. The van der Waals surface area contributed by atoms with Crippen LogP contribution in [0.2, 0.25) is 0 Å². The Morgan fingerprint density at radius 2 is 1.48 bits per heavy atom. The van der Waals surface area contributed by atoms with Crippen molar-refractivity contribution in [2.45, 2.75) is 43.5 Å². The van der Waals surface area contributed by atoms with Crippen molar-refractivity contribution in [3.05, 3.63) is 96.3 Å². The Balaban J connectivity index is 1.80. The summed E-state index contributed by atoms with van der Waals surface area (Å²) in [5.74, 6) is -1.22. The molecular formula is C26H29FN2O3S. The molecule has 0 aliphatic heterocycles. The molecule has 0 heterocycles. The highest BCUT2D eigenvalue weighted by molar-refractivity contribution is 7.92. The monoisotopic (exact) mass is 468 g/mol. The SMILES string of the molecule is CC(CC(C)(C)c1ccccc1)NC(=O)CN(c1ccccc1F)S(=O)(=O)c1ccccc1. The third-order valence-electron chi connectivity index (χ3n) is 5.52. The molecule has 1 amide bonds. The molecule has 0 aliphatic carbocycles. The van der Waals surface area contributed by atoms with E-state index in [1.54, 1.807) is 18.2 Å². The molecular weight excluding hydrogens is 439 g/mol. The van der Waals surface area contributed by atoms with Crippen molar-refractivity contribution in [1.82, 2.24) is 5.32 Å². The number of benzene rings is 3. The zero-order chi connectivity index (χ0) is 24.1. The molecule has 0 fully saturated rings. The van der Waals surface area contributed by atoms with E-state index in [9.17, 15) is 17.6 Å². The zero-order valence-corrected chi connectivity index (χ0v) is 19.8. The molecule has 1 N–H and O–H groups in total. The van der Waals surface area contributed by atoms with Crippen LogP contribution in [0.15, 0.2) is 89.8 Å². The Labute approximate surface area is 195 Å². The summed E-state index contributed by atoms with van der Waals surface area (Å²) in [4.78, 5) is 12.9. The average Bonchev–Trinajstić information content (AvgIpc) is 2.79. The van der Waals surface area contributed by atoms with Crippen molar-refractivity contribution in [2.75, 3.05) is 10.8 Å². The summed E-state index contributed by atoms with van der Waals surface area (Å²) in [7, 11) is -4.15. The molecule has 174 valence electrons. The van der Waals surface area contributed by atoms with Crippen LogP contribution in [0.3, 0.4) is 0 Å². The van der Waals surface area contributed by atoms with Crippen molar-refractivity contribution in [3.63, 3.8) is 0 Å². The highest BCUT2D eigenvalue weighted by Crippen LogP contribution is 2.29. The minimum Gasteiger partial charge on any atom is -0.352 e. The number of amides is 1. The zero-order valence-electron chi connectivity index (χ0n) is 19.0.